The number of Topliss-reactive ketones (excluding diaryl/α,β-unsaturated/α-hetero) is 1. The minimum absolute atomic E-state index is 0.0178. The van der Waals surface area contributed by atoms with Crippen LogP contribution in [0.1, 0.15) is 22.8 Å². The van der Waals surface area contributed by atoms with E-state index in [1.807, 2.05) is 42.5 Å². The summed E-state index contributed by atoms with van der Waals surface area (Å²) in [7, 11) is 0. The van der Waals surface area contributed by atoms with Gasteiger partial charge in [0.1, 0.15) is 0 Å². The smallest absolute Gasteiger partial charge is 0.266 e. The summed E-state index contributed by atoms with van der Waals surface area (Å²) in [5.74, 6) is 0.150. The van der Waals surface area contributed by atoms with Crippen LogP contribution >= 0.6 is 23.4 Å². The Bertz CT molecular complexity index is 1280. The number of carbonyl (C=O) groups excluding carboxylic acids is 1. The summed E-state index contributed by atoms with van der Waals surface area (Å²) in [6.45, 7) is 2.08. The monoisotopic (exact) mass is 434 g/mol. The van der Waals surface area contributed by atoms with Crippen molar-refractivity contribution in [1.82, 2.24) is 9.55 Å². The third-order valence-corrected chi connectivity index (χ3v) is 6.11. The predicted octanol–water partition coefficient (Wildman–Crippen LogP) is 5.58. The molecular formula is C24H19ClN2O2S. The van der Waals surface area contributed by atoms with Crippen molar-refractivity contribution in [1.29, 1.82) is 0 Å². The summed E-state index contributed by atoms with van der Waals surface area (Å²) in [5.41, 5.74) is 2.75. The Labute approximate surface area is 183 Å². The summed E-state index contributed by atoms with van der Waals surface area (Å²) >= 11 is 7.61. The van der Waals surface area contributed by atoms with Crippen molar-refractivity contribution < 1.29 is 4.79 Å². The summed E-state index contributed by atoms with van der Waals surface area (Å²) in [5, 5.41) is 1.38. The van der Waals surface area contributed by atoms with Gasteiger partial charge in [-0.25, -0.2) is 4.98 Å². The molecule has 4 rings (SSSR count). The highest BCUT2D eigenvalue weighted by atomic mass is 35.5. The Balaban J connectivity index is 1.74. The van der Waals surface area contributed by atoms with Crippen molar-refractivity contribution in [2.45, 2.75) is 18.5 Å². The minimum atomic E-state index is -0.212. The average molecular weight is 435 g/mol. The molecule has 0 aliphatic carbocycles. The summed E-state index contributed by atoms with van der Waals surface area (Å²) in [4.78, 5) is 30.6. The van der Waals surface area contributed by atoms with Gasteiger partial charge >= 0.3 is 0 Å². The molecule has 1 aromatic heterocycles. The molecule has 150 valence electrons. The molecule has 0 amide bonds. The van der Waals surface area contributed by atoms with Crippen molar-refractivity contribution in [2.75, 3.05) is 5.75 Å². The number of carbonyl (C=O) groups is 1. The standard InChI is InChI=1S/C24H19ClN2O2S/c1-2-16-11-13-17(14-12-16)22(28)15-30-24-26-20-9-5-3-7-18(20)23(29)27(24)21-10-6-4-8-19(21)25/h3-14H,2,15H2,1H3. The van der Waals surface area contributed by atoms with Crippen LogP contribution < -0.4 is 5.56 Å². The number of rotatable bonds is 6. The molecule has 0 saturated carbocycles. The first kappa shape index (κ1) is 20.4. The maximum Gasteiger partial charge on any atom is 0.266 e. The summed E-state index contributed by atoms with van der Waals surface area (Å²) in [6, 6.07) is 21.9. The van der Waals surface area contributed by atoms with Gasteiger partial charge in [-0.3, -0.25) is 14.2 Å². The molecule has 6 heteroatoms. The van der Waals surface area contributed by atoms with E-state index in [9.17, 15) is 9.59 Å². The lowest BCUT2D eigenvalue weighted by Gasteiger charge is -2.14. The Morgan fingerprint density at radius 3 is 2.43 bits per heavy atom. The molecule has 1 heterocycles. The second kappa shape index (κ2) is 8.86. The van der Waals surface area contributed by atoms with Crippen molar-refractivity contribution in [3.8, 4) is 5.69 Å². The number of benzene rings is 3. The highest BCUT2D eigenvalue weighted by Crippen LogP contribution is 2.26. The number of fused-ring (bicyclic) bond motifs is 1. The van der Waals surface area contributed by atoms with Gasteiger partial charge in [-0.05, 0) is 36.2 Å². The zero-order chi connectivity index (χ0) is 21.1. The van der Waals surface area contributed by atoms with Gasteiger partial charge in [-0.1, -0.05) is 78.8 Å². The van der Waals surface area contributed by atoms with E-state index in [4.69, 9.17) is 11.6 Å². The second-order valence-corrected chi connectivity index (χ2v) is 8.12. The molecule has 0 radical (unpaired) electrons. The predicted molar refractivity (Wildman–Crippen MR) is 123 cm³/mol. The first-order chi connectivity index (χ1) is 14.6. The van der Waals surface area contributed by atoms with Crippen molar-refractivity contribution in [2.24, 2.45) is 0 Å². The first-order valence-corrected chi connectivity index (χ1v) is 11.0. The Hall–Kier alpha value is -2.89. The van der Waals surface area contributed by atoms with Gasteiger partial charge in [0.15, 0.2) is 10.9 Å². The molecule has 0 spiro atoms. The van der Waals surface area contributed by atoms with Crippen LogP contribution in [0.4, 0.5) is 0 Å². The van der Waals surface area contributed by atoms with Crippen LogP contribution in [0.2, 0.25) is 5.02 Å². The molecular weight excluding hydrogens is 416 g/mol. The number of halogens is 1. The van der Waals surface area contributed by atoms with Crippen LogP contribution in [-0.4, -0.2) is 21.1 Å². The van der Waals surface area contributed by atoms with Crippen molar-refractivity contribution in [3.63, 3.8) is 0 Å². The molecule has 0 fully saturated rings. The first-order valence-electron chi connectivity index (χ1n) is 9.60. The normalized spacial score (nSPS) is 11.0. The van der Waals surface area contributed by atoms with Gasteiger partial charge in [0, 0.05) is 5.56 Å². The summed E-state index contributed by atoms with van der Waals surface area (Å²) < 4.78 is 1.49. The van der Waals surface area contributed by atoms with E-state index in [0.29, 0.717) is 32.3 Å². The van der Waals surface area contributed by atoms with Gasteiger partial charge in [-0.2, -0.15) is 0 Å². The fourth-order valence-corrected chi connectivity index (χ4v) is 4.31. The van der Waals surface area contributed by atoms with Gasteiger partial charge in [-0.15, -0.1) is 0 Å². The van der Waals surface area contributed by atoms with Crippen LogP contribution in [0.15, 0.2) is 82.7 Å². The third kappa shape index (κ3) is 4.04. The van der Waals surface area contributed by atoms with Crippen molar-refractivity contribution >= 4 is 40.0 Å². The molecule has 0 atom stereocenters. The quantitative estimate of drug-likeness (QED) is 0.226. The lowest BCUT2D eigenvalue weighted by atomic mass is 10.1. The molecule has 0 unspecified atom stereocenters. The molecule has 30 heavy (non-hydrogen) atoms. The van der Waals surface area contributed by atoms with E-state index in [-0.39, 0.29) is 17.1 Å². The van der Waals surface area contributed by atoms with Gasteiger partial charge in [0.2, 0.25) is 0 Å². The maximum absolute atomic E-state index is 13.3. The number of hydrogen-bond donors (Lipinski definition) is 0. The molecule has 3 aromatic carbocycles. The van der Waals surface area contributed by atoms with Crippen LogP contribution in [0.25, 0.3) is 16.6 Å². The van der Waals surface area contributed by atoms with Gasteiger partial charge in [0.25, 0.3) is 5.56 Å². The van der Waals surface area contributed by atoms with E-state index in [1.165, 1.54) is 21.9 Å². The van der Waals surface area contributed by atoms with E-state index in [2.05, 4.69) is 11.9 Å². The Kier molecular flexibility index (Phi) is 6.02. The molecule has 0 bridgehead atoms. The largest absolute Gasteiger partial charge is 0.293 e. The number of nitrogens with zero attached hydrogens (tertiary/aromatic N) is 2. The molecule has 0 N–H and O–H groups in total. The van der Waals surface area contributed by atoms with E-state index in [1.54, 1.807) is 30.3 Å². The molecule has 0 aliphatic rings. The average Bonchev–Trinajstić information content (AvgIpc) is 2.78. The highest BCUT2D eigenvalue weighted by Gasteiger charge is 2.17. The fourth-order valence-electron chi connectivity index (χ4n) is 3.19. The topological polar surface area (TPSA) is 52.0 Å². The van der Waals surface area contributed by atoms with Crippen LogP contribution in [0, 0.1) is 0 Å². The van der Waals surface area contributed by atoms with Gasteiger partial charge < -0.3 is 0 Å². The zero-order valence-corrected chi connectivity index (χ0v) is 17.9. The molecule has 0 saturated heterocycles. The Morgan fingerprint density at radius 1 is 1.00 bits per heavy atom. The molecule has 4 aromatic rings. The number of para-hydroxylation sites is 2. The number of hydrogen-bond acceptors (Lipinski definition) is 4. The fraction of sp³-hybridized carbons (Fsp3) is 0.125. The number of aromatic nitrogens is 2. The Morgan fingerprint density at radius 2 is 1.70 bits per heavy atom. The lowest BCUT2D eigenvalue weighted by Crippen LogP contribution is -2.22. The van der Waals surface area contributed by atoms with Gasteiger partial charge in [0.05, 0.1) is 27.4 Å². The minimum Gasteiger partial charge on any atom is -0.293 e. The lowest BCUT2D eigenvalue weighted by molar-refractivity contribution is 0.102. The number of aryl methyl sites for hydroxylation is 1. The van der Waals surface area contributed by atoms with E-state index >= 15 is 0 Å². The van der Waals surface area contributed by atoms with E-state index in [0.717, 1.165) is 6.42 Å². The van der Waals surface area contributed by atoms with Crippen molar-refractivity contribution in [3.05, 3.63) is 99.3 Å². The van der Waals surface area contributed by atoms with E-state index < -0.39 is 0 Å². The van der Waals surface area contributed by atoms with Crippen LogP contribution in [-0.2, 0) is 6.42 Å². The maximum atomic E-state index is 13.3. The zero-order valence-electron chi connectivity index (χ0n) is 16.3. The molecule has 4 nitrogen and oxygen atoms in total. The number of ketones is 1. The number of thioether (sulfide) groups is 1. The van der Waals surface area contributed by atoms with Crippen LogP contribution in [0.5, 0.6) is 0 Å². The van der Waals surface area contributed by atoms with Crippen LogP contribution in [0.3, 0.4) is 0 Å². The highest BCUT2D eigenvalue weighted by molar-refractivity contribution is 7.99. The molecule has 0 aliphatic heterocycles. The third-order valence-electron chi connectivity index (χ3n) is 4.85. The SMILES string of the molecule is CCc1ccc(C(=O)CSc2nc3ccccc3c(=O)n2-c2ccccc2Cl)cc1. The second-order valence-electron chi connectivity index (χ2n) is 6.77. The summed E-state index contributed by atoms with van der Waals surface area (Å²) in [6.07, 6.45) is 0.925.